The SMILES string of the molecule is Cc1c(Br)c(-c2ccccc2)nn1CC1CC1. The first kappa shape index (κ1) is 11.0. The minimum Gasteiger partial charge on any atom is -0.268 e. The molecule has 1 aliphatic carbocycles. The molecule has 0 radical (unpaired) electrons. The Labute approximate surface area is 110 Å². The minimum atomic E-state index is 0.851. The van der Waals surface area contributed by atoms with Crippen LogP contribution in [-0.4, -0.2) is 9.78 Å². The number of halogens is 1. The first-order valence-corrected chi connectivity index (χ1v) is 6.83. The van der Waals surface area contributed by atoms with Crippen LogP contribution in [0.2, 0.25) is 0 Å². The van der Waals surface area contributed by atoms with Crippen molar-refractivity contribution < 1.29 is 0 Å². The first-order chi connectivity index (χ1) is 8.25. The third-order valence-electron chi connectivity index (χ3n) is 3.31. The standard InChI is InChI=1S/C14H15BrN2/c1-10-13(15)14(12-5-3-2-4-6-12)16-17(10)9-11-7-8-11/h2-6,11H,7-9H2,1H3. The third kappa shape index (κ3) is 2.16. The second-order valence-corrected chi connectivity index (χ2v) is 5.53. The Morgan fingerprint density at radius 3 is 2.65 bits per heavy atom. The quantitative estimate of drug-likeness (QED) is 0.834. The summed E-state index contributed by atoms with van der Waals surface area (Å²) in [5.41, 5.74) is 3.47. The van der Waals surface area contributed by atoms with E-state index in [-0.39, 0.29) is 0 Å². The number of benzene rings is 1. The van der Waals surface area contributed by atoms with Gasteiger partial charge in [-0.15, -0.1) is 0 Å². The van der Waals surface area contributed by atoms with Crippen LogP contribution in [0.1, 0.15) is 18.5 Å². The van der Waals surface area contributed by atoms with Crippen LogP contribution in [0.4, 0.5) is 0 Å². The van der Waals surface area contributed by atoms with Gasteiger partial charge in [0, 0.05) is 12.1 Å². The number of rotatable bonds is 3. The maximum atomic E-state index is 4.73. The van der Waals surface area contributed by atoms with Gasteiger partial charge in [-0.3, -0.25) is 4.68 Å². The van der Waals surface area contributed by atoms with E-state index in [9.17, 15) is 0 Å². The molecule has 1 aromatic carbocycles. The average molecular weight is 291 g/mol. The molecule has 17 heavy (non-hydrogen) atoms. The predicted molar refractivity (Wildman–Crippen MR) is 72.8 cm³/mol. The molecule has 1 saturated carbocycles. The van der Waals surface area contributed by atoms with E-state index >= 15 is 0 Å². The Hall–Kier alpha value is -1.09. The van der Waals surface area contributed by atoms with Gasteiger partial charge in [-0.1, -0.05) is 30.3 Å². The molecular weight excluding hydrogens is 276 g/mol. The average Bonchev–Trinajstić information content (AvgIpc) is 3.13. The molecule has 2 nitrogen and oxygen atoms in total. The van der Waals surface area contributed by atoms with Crippen molar-refractivity contribution in [2.75, 3.05) is 0 Å². The van der Waals surface area contributed by atoms with Gasteiger partial charge in [0.2, 0.25) is 0 Å². The van der Waals surface area contributed by atoms with Crippen LogP contribution < -0.4 is 0 Å². The molecule has 0 bridgehead atoms. The Balaban J connectivity index is 1.99. The third-order valence-corrected chi connectivity index (χ3v) is 4.26. The molecule has 1 heterocycles. The van der Waals surface area contributed by atoms with Crippen molar-refractivity contribution in [1.82, 2.24) is 9.78 Å². The minimum absolute atomic E-state index is 0.851. The summed E-state index contributed by atoms with van der Waals surface area (Å²) in [5, 5.41) is 4.73. The molecule has 1 aromatic heterocycles. The molecule has 0 N–H and O–H groups in total. The molecule has 2 aromatic rings. The maximum Gasteiger partial charge on any atom is 0.107 e. The molecule has 1 aliphatic rings. The Kier molecular flexibility index (Phi) is 2.79. The van der Waals surface area contributed by atoms with E-state index in [4.69, 9.17) is 5.10 Å². The fourth-order valence-corrected chi connectivity index (χ4v) is 2.54. The van der Waals surface area contributed by atoms with Crippen LogP contribution >= 0.6 is 15.9 Å². The zero-order chi connectivity index (χ0) is 11.8. The second-order valence-electron chi connectivity index (χ2n) is 4.74. The van der Waals surface area contributed by atoms with E-state index < -0.39 is 0 Å². The van der Waals surface area contributed by atoms with Gasteiger partial charge in [-0.25, -0.2) is 0 Å². The van der Waals surface area contributed by atoms with Gasteiger partial charge >= 0.3 is 0 Å². The maximum absolute atomic E-state index is 4.73. The fraction of sp³-hybridized carbons (Fsp3) is 0.357. The Morgan fingerprint density at radius 2 is 2.00 bits per heavy atom. The van der Waals surface area contributed by atoms with Gasteiger partial charge in [0.1, 0.15) is 5.69 Å². The normalized spacial score (nSPS) is 15.2. The summed E-state index contributed by atoms with van der Waals surface area (Å²) in [6.45, 7) is 3.20. The van der Waals surface area contributed by atoms with Crippen LogP contribution in [-0.2, 0) is 6.54 Å². The summed E-state index contributed by atoms with van der Waals surface area (Å²) in [6.07, 6.45) is 2.72. The van der Waals surface area contributed by atoms with Gasteiger partial charge < -0.3 is 0 Å². The fourth-order valence-electron chi connectivity index (χ4n) is 2.03. The van der Waals surface area contributed by atoms with E-state index in [0.29, 0.717) is 0 Å². The summed E-state index contributed by atoms with van der Waals surface area (Å²) < 4.78 is 3.27. The summed E-state index contributed by atoms with van der Waals surface area (Å²) in [6, 6.07) is 10.3. The van der Waals surface area contributed by atoms with Crippen LogP contribution in [0.25, 0.3) is 11.3 Å². The van der Waals surface area contributed by atoms with Crippen LogP contribution in [0.3, 0.4) is 0 Å². The summed E-state index contributed by atoms with van der Waals surface area (Å²) in [5.74, 6) is 0.851. The topological polar surface area (TPSA) is 17.8 Å². The van der Waals surface area contributed by atoms with Gasteiger partial charge in [0.05, 0.1) is 10.2 Å². The van der Waals surface area contributed by atoms with Gasteiger partial charge in [0.15, 0.2) is 0 Å². The van der Waals surface area contributed by atoms with Crippen LogP contribution in [0.15, 0.2) is 34.8 Å². The van der Waals surface area contributed by atoms with E-state index in [1.54, 1.807) is 0 Å². The van der Waals surface area contributed by atoms with Crippen molar-refractivity contribution in [3.63, 3.8) is 0 Å². The highest BCUT2D eigenvalue weighted by Gasteiger charge is 2.24. The van der Waals surface area contributed by atoms with E-state index in [2.05, 4.69) is 51.8 Å². The Morgan fingerprint density at radius 1 is 1.29 bits per heavy atom. The molecule has 0 amide bonds. The van der Waals surface area contributed by atoms with Crippen molar-refractivity contribution in [2.45, 2.75) is 26.3 Å². The number of nitrogens with zero attached hydrogens (tertiary/aromatic N) is 2. The van der Waals surface area contributed by atoms with Crippen molar-refractivity contribution in [2.24, 2.45) is 5.92 Å². The molecule has 0 unspecified atom stereocenters. The van der Waals surface area contributed by atoms with Gasteiger partial charge in [-0.2, -0.15) is 5.10 Å². The monoisotopic (exact) mass is 290 g/mol. The number of aromatic nitrogens is 2. The van der Waals surface area contributed by atoms with Crippen LogP contribution in [0, 0.1) is 12.8 Å². The molecule has 88 valence electrons. The highest BCUT2D eigenvalue weighted by Crippen LogP contribution is 2.34. The number of hydrogen-bond acceptors (Lipinski definition) is 1. The van der Waals surface area contributed by atoms with Crippen molar-refractivity contribution in [3.05, 3.63) is 40.5 Å². The summed E-state index contributed by atoms with van der Waals surface area (Å²) >= 11 is 3.66. The molecular formula is C14H15BrN2. The first-order valence-electron chi connectivity index (χ1n) is 6.04. The van der Waals surface area contributed by atoms with Gasteiger partial charge in [0.25, 0.3) is 0 Å². The lowest BCUT2D eigenvalue weighted by Gasteiger charge is -2.01. The molecule has 0 atom stereocenters. The van der Waals surface area contributed by atoms with Crippen LogP contribution in [0.5, 0.6) is 0 Å². The lowest BCUT2D eigenvalue weighted by Crippen LogP contribution is -2.03. The number of hydrogen-bond donors (Lipinski definition) is 0. The molecule has 3 rings (SSSR count). The van der Waals surface area contributed by atoms with Gasteiger partial charge in [-0.05, 0) is 41.6 Å². The zero-order valence-corrected chi connectivity index (χ0v) is 11.4. The summed E-state index contributed by atoms with van der Waals surface area (Å²) in [7, 11) is 0. The molecule has 0 saturated heterocycles. The molecule has 0 spiro atoms. The van der Waals surface area contributed by atoms with Crippen molar-refractivity contribution >= 4 is 15.9 Å². The van der Waals surface area contributed by atoms with Crippen molar-refractivity contribution in [3.8, 4) is 11.3 Å². The lowest BCUT2D eigenvalue weighted by molar-refractivity contribution is 0.551. The molecule has 3 heteroatoms. The molecule has 0 aliphatic heterocycles. The highest BCUT2D eigenvalue weighted by atomic mass is 79.9. The molecule has 1 fully saturated rings. The highest BCUT2D eigenvalue weighted by molar-refractivity contribution is 9.10. The smallest absolute Gasteiger partial charge is 0.107 e. The largest absolute Gasteiger partial charge is 0.268 e. The van der Waals surface area contributed by atoms with E-state index in [1.807, 2.05) is 6.07 Å². The zero-order valence-electron chi connectivity index (χ0n) is 9.86. The predicted octanol–water partition coefficient (Wildman–Crippen LogP) is 4.03. The van der Waals surface area contributed by atoms with E-state index in [1.165, 1.54) is 24.1 Å². The second kappa shape index (κ2) is 4.30. The lowest BCUT2D eigenvalue weighted by atomic mass is 10.1. The van der Waals surface area contributed by atoms with E-state index in [0.717, 1.165) is 22.6 Å². The van der Waals surface area contributed by atoms with Crippen molar-refractivity contribution in [1.29, 1.82) is 0 Å². The Bertz CT molecular complexity index is 527. The summed E-state index contributed by atoms with van der Waals surface area (Å²) in [4.78, 5) is 0.